The molecule has 9 heteroatoms. The first-order valence-corrected chi connectivity index (χ1v) is 7.71. The first-order chi connectivity index (χ1) is 11.1. The Labute approximate surface area is 140 Å². The van der Waals surface area contributed by atoms with E-state index in [4.69, 9.17) is 15.1 Å². The highest BCUT2D eigenvalue weighted by Gasteiger charge is 2.34. The molecule has 0 saturated carbocycles. The summed E-state index contributed by atoms with van der Waals surface area (Å²) in [5, 5.41) is 4.08. The molecular weight excluding hydrogens is 316 g/mol. The Balaban J connectivity index is 2.42. The molecule has 1 aliphatic rings. The summed E-state index contributed by atoms with van der Waals surface area (Å²) in [4.78, 5) is 42.4. The van der Waals surface area contributed by atoms with Crippen molar-refractivity contribution in [2.45, 2.75) is 47.0 Å². The van der Waals surface area contributed by atoms with Gasteiger partial charge in [0.2, 0.25) is 0 Å². The predicted molar refractivity (Wildman–Crippen MR) is 84.2 cm³/mol. The van der Waals surface area contributed by atoms with Gasteiger partial charge in [0.05, 0.1) is 19.6 Å². The number of hydrogen-bond donors (Lipinski definition) is 0. The highest BCUT2D eigenvalue weighted by molar-refractivity contribution is 6.01. The van der Waals surface area contributed by atoms with Crippen LogP contribution in [0.25, 0.3) is 10.4 Å². The van der Waals surface area contributed by atoms with Gasteiger partial charge in [0.25, 0.3) is 11.8 Å². The molecule has 0 bridgehead atoms. The number of hydrogen-bond acceptors (Lipinski definition) is 6. The summed E-state index contributed by atoms with van der Waals surface area (Å²) in [6.07, 6.45) is 0.137. The van der Waals surface area contributed by atoms with Crippen LogP contribution in [-0.2, 0) is 24.0 Å². The van der Waals surface area contributed by atoms with E-state index >= 15 is 0 Å². The molecule has 0 radical (unpaired) electrons. The van der Waals surface area contributed by atoms with Gasteiger partial charge in [-0.1, -0.05) is 32.8 Å². The van der Waals surface area contributed by atoms with E-state index in [9.17, 15) is 14.4 Å². The van der Waals surface area contributed by atoms with Crippen LogP contribution in [0.1, 0.15) is 47.0 Å². The quantitative estimate of drug-likeness (QED) is 0.276. The number of amides is 2. The SMILES string of the molecule is CC(C)(CN=[N+]=[N-])COCC(C)(C)CC(=O)ON1C(=O)CCC1=O. The maximum atomic E-state index is 11.9. The monoisotopic (exact) mass is 340 g/mol. The standard InChI is InChI=1S/C15H24N4O5/c1-14(2,9-23-10-15(3,4)8-17-18-16)7-13(22)24-19-11(20)5-6-12(19)21/h5-10H2,1-4H3. The molecule has 24 heavy (non-hydrogen) atoms. The molecule has 0 unspecified atom stereocenters. The lowest BCUT2D eigenvalue weighted by Crippen LogP contribution is -2.35. The fourth-order valence-electron chi connectivity index (χ4n) is 2.11. The van der Waals surface area contributed by atoms with Gasteiger partial charge in [-0.05, 0) is 16.4 Å². The Morgan fingerprint density at radius 1 is 1.17 bits per heavy atom. The number of carbonyl (C=O) groups excluding carboxylic acids is 3. The Hall–Kier alpha value is -2.12. The zero-order chi connectivity index (χ0) is 18.4. The van der Waals surface area contributed by atoms with Crippen molar-refractivity contribution in [3.05, 3.63) is 10.4 Å². The first kappa shape index (κ1) is 19.9. The zero-order valence-corrected chi connectivity index (χ0v) is 14.6. The van der Waals surface area contributed by atoms with Gasteiger partial charge in [-0.3, -0.25) is 9.59 Å². The number of azide groups is 1. The first-order valence-electron chi connectivity index (χ1n) is 7.71. The van der Waals surface area contributed by atoms with E-state index in [0.29, 0.717) is 18.2 Å². The maximum absolute atomic E-state index is 11.9. The summed E-state index contributed by atoms with van der Waals surface area (Å²) in [5.41, 5.74) is 7.51. The number of carbonyl (C=O) groups is 3. The average Bonchev–Trinajstić information content (AvgIpc) is 2.76. The molecule has 1 aliphatic heterocycles. The van der Waals surface area contributed by atoms with Gasteiger partial charge in [-0.15, -0.1) is 5.06 Å². The van der Waals surface area contributed by atoms with Gasteiger partial charge in [0.1, 0.15) is 0 Å². The van der Waals surface area contributed by atoms with Crippen molar-refractivity contribution in [2.75, 3.05) is 19.8 Å². The van der Waals surface area contributed by atoms with E-state index in [2.05, 4.69) is 10.0 Å². The van der Waals surface area contributed by atoms with E-state index in [1.54, 1.807) is 0 Å². The molecule has 1 rings (SSSR count). The second-order valence-electron chi connectivity index (χ2n) is 7.43. The molecule has 0 atom stereocenters. The highest BCUT2D eigenvalue weighted by atomic mass is 16.7. The van der Waals surface area contributed by atoms with Gasteiger partial charge >= 0.3 is 5.97 Å². The zero-order valence-electron chi connectivity index (χ0n) is 14.6. The summed E-state index contributed by atoms with van der Waals surface area (Å²) in [7, 11) is 0. The summed E-state index contributed by atoms with van der Waals surface area (Å²) in [6, 6.07) is 0. The summed E-state index contributed by atoms with van der Waals surface area (Å²) < 4.78 is 5.63. The van der Waals surface area contributed by atoms with Crippen molar-refractivity contribution in [3.63, 3.8) is 0 Å². The topological polar surface area (TPSA) is 122 Å². The van der Waals surface area contributed by atoms with Crippen LogP contribution in [0.3, 0.4) is 0 Å². The minimum atomic E-state index is -0.652. The lowest BCUT2D eigenvalue weighted by atomic mass is 9.90. The van der Waals surface area contributed by atoms with Crippen LogP contribution in [-0.4, -0.2) is 42.6 Å². The molecule has 134 valence electrons. The molecule has 2 amide bonds. The Bertz CT molecular complexity index is 536. The van der Waals surface area contributed by atoms with Gasteiger partial charge in [-0.25, -0.2) is 4.79 Å². The molecule has 1 fully saturated rings. The van der Waals surface area contributed by atoms with E-state index < -0.39 is 23.2 Å². The van der Waals surface area contributed by atoms with Gasteiger partial charge in [0.15, 0.2) is 0 Å². The lowest BCUT2D eigenvalue weighted by molar-refractivity contribution is -0.199. The normalized spacial score (nSPS) is 15.4. The Kier molecular flexibility index (Phi) is 6.74. The largest absolute Gasteiger partial charge is 0.380 e. The third-order valence-electron chi connectivity index (χ3n) is 3.37. The molecule has 9 nitrogen and oxygen atoms in total. The van der Waals surface area contributed by atoms with E-state index in [0.717, 1.165) is 0 Å². The molecule has 0 aromatic carbocycles. The Morgan fingerprint density at radius 3 is 2.25 bits per heavy atom. The van der Waals surface area contributed by atoms with Crippen molar-refractivity contribution >= 4 is 17.8 Å². The van der Waals surface area contributed by atoms with Crippen LogP contribution < -0.4 is 0 Å². The molecule has 0 N–H and O–H groups in total. The number of nitrogens with zero attached hydrogens (tertiary/aromatic N) is 4. The molecule has 1 saturated heterocycles. The second-order valence-corrected chi connectivity index (χ2v) is 7.43. The van der Waals surface area contributed by atoms with Crippen molar-refractivity contribution in [1.29, 1.82) is 0 Å². The van der Waals surface area contributed by atoms with Gasteiger partial charge < -0.3 is 9.57 Å². The number of ether oxygens (including phenoxy) is 1. The minimum absolute atomic E-state index is 0.000830. The third kappa shape index (κ3) is 6.55. The van der Waals surface area contributed by atoms with Crippen LogP contribution in [0, 0.1) is 10.8 Å². The minimum Gasteiger partial charge on any atom is -0.380 e. The van der Waals surface area contributed by atoms with Crippen LogP contribution in [0.2, 0.25) is 0 Å². The highest BCUT2D eigenvalue weighted by Crippen LogP contribution is 2.24. The van der Waals surface area contributed by atoms with Crippen molar-refractivity contribution < 1.29 is 24.0 Å². The van der Waals surface area contributed by atoms with Crippen molar-refractivity contribution in [3.8, 4) is 0 Å². The predicted octanol–water partition coefficient (Wildman–Crippen LogP) is 2.36. The van der Waals surface area contributed by atoms with Crippen molar-refractivity contribution in [1.82, 2.24) is 5.06 Å². The van der Waals surface area contributed by atoms with Crippen molar-refractivity contribution in [2.24, 2.45) is 15.9 Å². The van der Waals surface area contributed by atoms with E-state index in [1.165, 1.54) is 0 Å². The third-order valence-corrected chi connectivity index (χ3v) is 3.37. The summed E-state index contributed by atoms with van der Waals surface area (Å²) in [6.45, 7) is 8.42. The average molecular weight is 340 g/mol. The fraction of sp³-hybridized carbons (Fsp3) is 0.800. The van der Waals surface area contributed by atoms with E-state index in [-0.39, 0.29) is 31.3 Å². The van der Waals surface area contributed by atoms with Crippen LogP contribution >= 0.6 is 0 Å². The Morgan fingerprint density at radius 2 is 1.71 bits per heavy atom. The smallest absolute Gasteiger partial charge is 0.333 e. The second kappa shape index (κ2) is 8.12. The molecular formula is C15H24N4O5. The molecule has 0 aromatic rings. The maximum Gasteiger partial charge on any atom is 0.333 e. The number of rotatable bonds is 9. The molecule has 0 spiro atoms. The van der Waals surface area contributed by atoms with Crippen LogP contribution in [0.4, 0.5) is 0 Å². The summed E-state index contributed by atoms with van der Waals surface area (Å²) >= 11 is 0. The number of imide groups is 1. The van der Waals surface area contributed by atoms with Gasteiger partial charge in [-0.2, -0.15) is 0 Å². The van der Waals surface area contributed by atoms with Crippen LogP contribution in [0.5, 0.6) is 0 Å². The van der Waals surface area contributed by atoms with Gasteiger partial charge in [0, 0.05) is 24.3 Å². The fourth-order valence-corrected chi connectivity index (χ4v) is 2.11. The molecule has 0 aliphatic carbocycles. The lowest BCUT2D eigenvalue weighted by Gasteiger charge is -2.27. The summed E-state index contributed by atoms with van der Waals surface area (Å²) in [5.74, 6) is -1.65. The van der Waals surface area contributed by atoms with E-state index in [1.807, 2.05) is 27.7 Å². The number of hydroxylamine groups is 2. The molecule has 1 heterocycles. The van der Waals surface area contributed by atoms with Crippen LogP contribution in [0.15, 0.2) is 5.11 Å². The molecule has 0 aromatic heterocycles.